The van der Waals surface area contributed by atoms with Crippen molar-refractivity contribution >= 4 is 17.9 Å². The second kappa shape index (κ2) is 8.34. The van der Waals surface area contributed by atoms with Crippen molar-refractivity contribution in [3.05, 3.63) is 35.9 Å². The maximum atomic E-state index is 12.2. The van der Waals surface area contributed by atoms with Gasteiger partial charge in [-0.2, -0.15) is 5.26 Å². The van der Waals surface area contributed by atoms with Gasteiger partial charge in [-0.05, 0) is 31.2 Å². The molecule has 4 N–H and O–H groups in total. The molecule has 0 spiro atoms. The molecule has 0 unspecified atom stereocenters. The van der Waals surface area contributed by atoms with E-state index in [1.165, 1.54) is 0 Å². The molecule has 8 heteroatoms. The first kappa shape index (κ1) is 19.2. The third-order valence-corrected chi connectivity index (χ3v) is 4.25. The highest BCUT2D eigenvalue weighted by molar-refractivity contribution is 5.86. The van der Waals surface area contributed by atoms with Gasteiger partial charge in [0.25, 0.3) is 5.91 Å². The highest BCUT2D eigenvalue weighted by atomic mass is 16.5. The topological polar surface area (TPSA) is 134 Å². The average Bonchev–Trinajstić information content (AvgIpc) is 3.45. The summed E-state index contributed by atoms with van der Waals surface area (Å²) in [6.07, 6.45) is 1.94. The van der Waals surface area contributed by atoms with Crippen LogP contribution in [0.25, 0.3) is 0 Å². The first-order valence-corrected chi connectivity index (χ1v) is 8.33. The summed E-state index contributed by atoms with van der Waals surface area (Å²) in [6, 6.07) is 9.25. The summed E-state index contributed by atoms with van der Waals surface area (Å²) in [5.41, 5.74) is 4.95. The van der Waals surface area contributed by atoms with E-state index in [4.69, 9.17) is 10.5 Å². The van der Waals surface area contributed by atoms with E-state index in [0.717, 1.165) is 18.4 Å². The van der Waals surface area contributed by atoms with Crippen LogP contribution in [0, 0.1) is 17.2 Å². The quantitative estimate of drug-likeness (QED) is 0.586. The smallest absolute Gasteiger partial charge is 0.329 e. The number of primary amides is 1. The number of hydrogen-bond acceptors (Lipinski definition) is 5. The largest absolute Gasteiger partial charge is 0.454 e. The normalized spacial score (nSPS) is 16.5. The fourth-order valence-electron chi connectivity index (χ4n) is 2.66. The van der Waals surface area contributed by atoms with E-state index < -0.39 is 36.1 Å². The van der Waals surface area contributed by atoms with Crippen molar-refractivity contribution in [1.82, 2.24) is 10.6 Å². The molecule has 1 aliphatic rings. The minimum Gasteiger partial charge on any atom is -0.454 e. The molecule has 1 aromatic rings. The minimum absolute atomic E-state index is 0.120. The van der Waals surface area contributed by atoms with Gasteiger partial charge >= 0.3 is 12.0 Å². The summed E-state index contributed by atoms with van der Waals surface area (Å²) in [6.45, 7) is 1.12. The lowest BCUT2D eigenvalue weighted by molar-refractivity contribution is -0.150. The van der Waals surface area contributed by atoms with Gasteiger partial charge in [0.1, 0.15) is 11.6 Å². The zero-order valence-corrected chi connectivity index (χ0v) is 14.5. The predicted molar refractivity (Wildman–Crippen MR) is 92.5 cm³/mol. The molecule has 2 atom stereocenters. The number of carbonyl (C=O) groups is 3. The Balaban J connectivity index is 1.90. The van der Waals surface area contributed by atoms with Gasteiger partial charge in [0, 0.05) is 6.42 Å². The second-order valence-electron chi connectivity index (χ2n) is 6.50. The minimum atomic E-state index is -1.01. The van der Waals surface area contributed by atoms with Gasteiger partial charge < -0.3 is 21.1 Å². The van der Waals surface area contributed by atoms with Gasteiger partial charge in [0.15, 0.2) is 6.61 Å². The van der Waals surface area contributed by atoms with Crippen LogP contribution in [0.3, 0.4) is 0 Å². The first-order valence-electron chi connectivity index (χ1n) is 8.33. The SMILES string of the molecule is C[C@](C#N)(NC(=O)COC(=O)[C@H](Cc1ccccc1)NC(N)=O)C1CC1. The molecule has 2 rings (SSSR count). The number of ether oxygens (including phenoxy) is 1. The highest BCUT2D eigenvalue weighted by Gasteiger charge is 2.43. The summed E-state index contributed by atoms with van der Waals surface area (Å²) < 4.78 is 5.00. The zero-order valence-electron chi connectivity index (χ0n) is 14.5. The van der Waals surface area contributed by atoms with E-state index in [-0.39, 0.29) is 12.3 Å². The van der Waals surface area contributed by atoms with Gasteiger partial charge in [-0.3, -0.25) is 4.79 Å². The molecule has 1 saturated carbocycles. The molecule has 1 aliphatic carbocycles. The molecule has 0 heterocycles. The molecule has 3 amide bonds. The fraction of sp³-hybridized carbons (Fsp3) is 0.444. The van der Waals surface area contributed by atoms with Gasteiger partial charge in [-0.15, -0.1) is 0 Å². The van der Waals surface area contributed by atoms with E-state index in [1.807, 2.05) is 6.07 Å². The van der Waals surface area contributed by atoms with E-state index in [9.17, 15) is 19.6 Å². The van der Waals surface area contributed by atoms with Crippen LogP contribution in [-0.4, -0.2) is 36.1 Å². The summed E-state index contributed by atoms with van der Waals surface area (Å²) in [5.74, 6) is -1.21. The number of esters is 1. The van der Waals surface area contributed by atoms with Crippen molar-refractivity contribution in [3.63, 3.8) is 0 Å². The summed E-state index contributed by atoms with van der Waals surface area (Å²) >= 11 is 0. The number of nitrogens with one attached hydrogen (secondary N) is 2. The van der Waals surface area contributed by atoms with Crippen molar-refractivity contribution in [2.24, 2.45) is 11.7 Å². The van der Waals surface area contributed by atoms with Crippen LogP contribution in [-0.2, 0) is 20.7 Å². The molecule has 0 aliphatic heterocycles. The summed E-state index contributed by atoms with van der Waals surface area (Å²) in [7, 11) is 0. The molecular formula is C18H22N4O4. The number of urea groups is 1. The lowest BCUT2D eigenvalue weighted by Crippen LogP contribution is -2.49. The van der Waals surface area contributed by atoms with Crippen LogP contribution in [0.15, 0.2) is 30.3 Å². The zero-order chi connectivity index (χ0) is 19.2. The third-order valence-electron chi connectivity index (χ3n) is 4.25. The first-order chi connectivity index (χ1) is 12.3. The Morgan fingerprint density at radius 2 is 2.00 bits per heavy atom. The number of rotatable bonds is 8. The molecule has 0 saturated heterocycles. The number of benzene rings is 1. The Labute approximate surface area is 151 Å². The van der Waals surface area contributed by atoms with Crippen LogP contribution < -0.4 is 16.4 Å². The maximum absolute atomic E-state index is 12.2. The molecular weight excluding hydrogens is 336 g/mol. The van der Waals surface area contributed by atoms with Crippen molar-refractivity contribution in [3.8, 4) is 6.07 Å². The lowest BCUT2D eigenvalue weighted by Gasteiger charge is -2.23. The van der Waals surface area contributed by atoms with Crippen LogP contribution in [0.1, 0.15) is 25.3 Å². The van der Waals surface area contributed by atoms with E-state index in [0.29, 0.717) is 0 Å². The standard InChI is InChI=1S/C18H22N4O4/c1-18(11-19,13-7-8-13)22-15(23)10-26-16(24)14(21-17(20)25)9-12-5-3-2-4-6-12/h2-6,13-14H,7-10H2,1H3,(H,22,23)(H3,20,21,25)/t14-,18+/m0/s1. The predicted octanol–water partition coefficient (Wildman–Crippen LogP) is 0.618. The van der Waals surface area contributed by atoms with Gasteiger partial charge in [0.05, 0.1) is 6.07 Å². The monoisotopic (exact) mass is 358 g/mol. The molecule has 0 radical (unpaired) electrons. The maximum Gasteiger partial charge on any atom is 0.329 e. The van der Waals surface area contributed by atoms with E-state index >= 15 is 0 Å². The number of nitrogens with zero attached hydrogens (tertiary/aromatic N) is 1. The number of nitrogens with two attached hydrogens (primary N) is 1. The fourth-order valence-corrected chi connectivity index (χ4v) is 2.66. The molecule has 1 fully saturated rings. The Bertz CT molecular complexity index is 712. The molecule has 138 valence electrons. The third kappa shape index (κ3) is 5.48. The number of nitriles is 1. The molecule has 0 bridgehead atoms. The molecule has 8 nitrogen and oxygen atoms in total. The van der Waals surface area contributed by atoms with Gasteiger partial charge in [-0.25, -0.2) is 9.59 Å². The van der Waals surface area contributed by atoms with Crippen LogP contribution >= 0.6 is 0 Å². The summed E-state index contributed by atoms with van der Waals surface area (Å²) in [4.78, 5) is 35.4. The van der Waals surface area contributed by atoms with Crippen molar-refractivity contribution < 1.29 is 19.1 Å². The van der Waals surface area contributed by atoms with Crippen LogP contribution in [0.4, 0.5) is 4.79 Å². The van der Waals surface area contributed by atoms with Crippen molar-refractivity contribution in [2.75, 3.05) is 6.61 Å². The Morgan fingerprint density at radius 1 is 1.35 bits per heavy atom. The lowest BCUT2D eigenvalue weighted by atomic mass is 9.98. The van der Waals surface area contributed by atoms with E-state index in [2.05, 4.69) is 16.7 Å². The number of hydrogen-bond donors (Lipinski definition) is 3. The summed E-state index contributed by atoms with van der Waals surface area (Å²) in [5, 5.41) is 14.2. The van der Waals surface area contributed by atoms with Crippen molar-refractivity contribution in [2.45, 2.75) is 37.8 Å². The van der Waals surface area contributed by atoms with Crippen LogP contribution in [0.5, 0.6) is 0 Å². The van der Waals surface area contributed by atoms with Crippen molar-refractivity contribution in [1.29, 1.82) is 5.26 Å². The average molecular weight is 358 g/mol. The Hall–Kier alpha value is -3.08. The Morgan fingerprint density at radius 3 is 2.54 bits per heavy atom. The Kier molecular flexibility index (Phi) is 6.17. The van der Waals surface area contributed by atoms with Gasteiger partial charge in [-0.1, -0.05) is 30.3 Å². The second-order valence-corrected chi connectivity index (χ2v) is 6.50. The number of carbonyl (C=O) groups excluding carboxylic acids is 3. The molecule has 0 aromatic heterocycles. The van der Waals surface area contributed by atoms with E-state index in [1.54, 1.807) is 31.2 Å². The molecule has 26 heavy (non-hydrogen) atoms. The molecule has 1 aromatic carbocycles. The number of amides is 3. The highest BCUT2D eigenvalue weighted by Crippen LogP contribution is 2.39. The van der Waals surface area contributed by atoms with Crippen LogP contribution in [0.2, 0.25) is 0 Å². The van der Waals surface area contributed by atoms with Gasteiger partial charge in [0.2, 0.25) is 0 Å².